The van der Waals surface area contributed by atoms with Crippen LogP contribution in [-0.2, 0) is 16.0 Å². The van der Waals surface area contributed by atoms with E-state index in [0.29, 0.717) is 13.0 Å². The van der Waals surface area contributed by atoms with Crippen molar-refractivity contribution in [2.75, 3.05) is 16.3 Å². The van der Waals surface area contributed by atoms with Crippen LogP contribution in [0.25, 0.3) is 0 Å². The highest BCUT2D eigenvalue weighted by Crippen LogP contribution is 2.38. The van der Waals surface area contributed by atoms with E-state index in [-0.39, 0.29) is 17.9 Å². The molecule has 0 saturated heterocycles. The van der Waals surface area contributed by atoms with E-state index >= 15 is 0 Å². The third-order valence-electron chi connectivity index (χ3n) is 5.87. The third kappa shape index (κ3) is 4.91. The molecule has 0 saturated carbocycles. The van der Waals surface area contributed by atoms with Gasteiger partial charge in [-0.05, 0) is 50.1 Å². The molecule has 2 atom stereocenters. The third-order valence-corrected chi connectivity index (χ3v) is 5.87. The summed E-state index contributed by atoms with van der Waals surface area (Å²) in [7, 11) is 0. The SMILES string of the molecule is CC(C)N1C(=O)C(NC(=O)[C@H](N)Cc2ccccc2)CN(c2ccccc2)c2ccccc21. The molecule has 3 aromatic rings. The van der Waals surface area contributed by atoms with Crippen molar-refractivity contribution in [3.63, 3.8) is 0 Å². The molecule has 4 rings (SSSR count). The Morgan fingerprint density at radius 1 is 0.939 bits per heavy atom. The van der Waals surface area contributed by atoms with Crippen molar-refractivity contribution in [1.29, 1.82) is 0 Å². The van der Waals surface area contributed by atoms with Gasteiger partial charge in [-0.25, -0.2) is 0 Å². The summed E-state index contributed by atoms with van der Waals surface area (Å²) in [5.41, 5.74) is 9.91. The molecule has 6 heteroatoms. The number of fused-ring (bicyclic) bond motifs is 1. The average Bonchev–Trinajstić information content (AvgIpc) is 2.94. The Balaban J connectivity index is 1.65. The smallest absolute Gasteiger partial charge is 0.251 e. The Morgan fingerprint density at radius 3 is 2.15 bits per heavy atom. The number of benzene rings is 3. The van der Waals surface area contributed by atoms with Crippen LogP contribution in [0.3, 0.4) is 0 Å². The van der Waals surface area contributed by atoms with Crippen molar-refractivity contribution in [2.24, 2.45) is 5.73 Å². The number of nitrogens with two attached hydrogens (primary N) is 1. The van der Waals surface area contributed by atoms with Crippen LogP contribution < -0.4 is 20.9 Å². The quantitative estimate of drug-likeness (QED) is 0.611. The predicted octanol–water partition coefficient (Wildman–Crippen LogP) is 3.63. The molecule has 170 valence electrons. The molecule has 0 radical (unpaired) electrons. The molecular weight excluding hydrogens is 412 g/mol. The highest BCUT2D eigenvalue weighted by atomic mass is 16.2. The Morgan fingerprint density at radius 2 is 1.52 bits per heavy atom. The van der Waals surface area contributed by atoms with E-state index in [4.69, 9.17) is 5.73 Å². The fraction of sp³-hybridized carbons (Fsp3) is 0.259. The zero-order valence-corrected chi connectivity index (χ0v) is 19.0. The van der Waals surface area contributed by atoms with Crippen molar-refractivity contribution in [1.82, 2.24) is 5.32 Å². The Kier molecular flexibility index (Phi) is 6.75. The lowest BCUT2D eigenvalue weighted by molar-refractivity contribution is -0.128. The Bertz CT molecular complexity index is 1100. The van der Waals surface area contributed by atoms with Crippen LogP contribution in [0.1, 0.15) is 19.4 Å². The highest BCUT2D eigenvalue weighted by Gasteiger charge is 2.36. The second-order valence-electron chi connectivity index (χ2n) is 8.59. The molecular formula is C27H30N4O2. The summed E-state index contributed by atoms with van der Waals surface area (Å²) in [6.07, 6.45) is 0.407. The summed E-state index contributed by atoms with van der Waals surface area (Å²) in [5, 5.41) is 2.95. The van der Waals surface area contributed by atoms with E-state index in [9.17, 15) is 9.59 Å². The second-order valence-corrected chi connectivity index (χ2v) is 8.59. The van der Waals surface area contributed by atoms with E-state index in [2.05, 4.69) is 10.2 Å². The standard InChI is InChI=1S/C27H30N4O2/c1-19(2)31-25-16-10-9-15-24(25)30(21-13-7-4-8-14-21)18-23(27(31)33)29-26(32)22(28)17-20-11-5-3-6-12-20/h3-16,19,22-23H,17-18,28H2,1-2H3,(H,29,32)/t22-,23?/m1/s1. The lowest BCUT2D eigenvalue weighted by atomic mass is 10.1. The zero-order valence-electron chi connectivity index (χ0n) is 19.0. The van der Waals surface area contributed by atoms with Gasteiger partial charge in [0, 0.05) is 11.7 Å². The molecule has 33 heavy (non-hydrogen) atoms. The van der Waals surface area contributed by atoms with Gasteiger partial charge in [0.1, 0.15) is 6.04 Å². The minimum atomic E-state index is -0.747. The van der Waals surface area contributed by atoms with Crippen molar-refractivity contribution >= 4 is 28.9 Å². The largest absolute Gasteiger partial charge is 0.341 e. The Labute approximate surface area is 195 Å². The first-order valence-corrected chi connectivity index (χ1v) is 11.3. The number of rotatable bonds is 6. The van der Waals surface area contributed by atoms with Crippen LogP contribution in [0.4, 0.5) is 17.1 Å². The number of nitrogens with zero attached hydrogens (tertiary/aromatic N) is 2. The molecule has 1 aliphatic rings. The number of carbonyl (C=O) groups is 2. The minimum Gasteiger partial charge on any atom is -0.341 e. The monoisotopic (exact) mass is 442 g/mol. The summed E-state index contributed by atoms with van der Waals surface area (Å²) in [6, 6.07) is 25.9. The summed E-state index contributed by atoms with van der Waals surface area (Å²) >= 11 is 0. The van der Waals surface area contributed by atoms with Crippen LogP contribution in [0.15, 0.2) is 84.9 Å². The average molecular weight is 443 g/mol. The van der Waals surface area contributed by atoms with Gasteiger partial charge in [-0.1, -0.05) is 60.7 Å². The summed E-state index contributed by atoms with van der Waals surface area (Å²) in [6.45, 7) is 4.27. The van der Waals surface area contributed by atoms with Gasteiger partial charge in [0.25, 0.3) is 5.91 Å². The van der Waals surface area contributed by atoms with E-state index in [1.165, 1.54) is 0 Å². The van der Waals surface area contributed by atoms with Gasteiger partial charge in [-0.15, -0.1) is 0 Å². The first-order valence-electron chi connectivity index (χ1n) is 11.3. The van der Waals surface area contributed by atoms with Crippen molar-refractivity contribution in [3.8, 4) is 0 Å². The number of carbonyl (C=O) groups excluding carboxylic acids is 2. The molecule has 2 amide bonds. The number of hydrogen-bond donors (Lipinski definition) is 2. The van der Waals surface area contributed by atoms with Gasteiger partial charge < -0.3 is 20.9 Å². The molecule has 0 spiro atoms. The summed E-state index contributed by atoms with van der Waals surface area (Å²) in [4.78, 5) is 30.6. The van der Waals surface area contributed by atoms with Gasteiger partial charge >= 0.3 is 0 Å². The molecule has 1 unspecified atom stereocenters. The van der Waals surface area contributed by atoms with E-state index in [0.717, 1.165) is 22.6 Å². The van der Waals surface area contributed by atoms with Crippen LogP contribution in [0.5, 0.6) is 0 Å². The molecule has 0 aliphatic carbocycles. The first-order chi connectivity index (χ1) is 16.0. The lowest BCUT2D eigenvalue weighted by Gasteiger charge is -2.29. The second kappa shape index (κ2) is 9.88. The van der Waals surface area contributed by atoms with Crippen molar-refractivity contribution in [2.45, 2.75) is 38.4 Å². The van der Waals surface area contributed by atoms with E-state index in [1.807, 2.05) is 98.8 Å². The van der Waals surface area contributed by atoms with Crippen molar-refractivity contribution in [3.05, 3.63) is 90.5 Å². The first kappa shape index (κ1) is 22.6. The summed E-state index contributed by atoms with van der Waals surface area (Å²) in [5.74, 6) is -0.476. The maximum absolute atomic E-state index is 13.7. The molecule has 1 aliphatic heterocycles. The lowest BCUT2D eigenvalue weighted by Crippen LogP contribution is -2.56. The predicted molar refractivity (Wildman–Crippen MR) is 133 cm³/mol. The highest BCUT2D eigenvalue weighted by molar-refractivity contribution is 6.05. The van der Waals surface area contributed by atoms with Crippen LogP contribution in [-0.4, -0.2) is 36.5 Å². The number of anilines is 3. The van der Waals surface area contributed by atoms with Crippen LogP contribution in [0, 0.1) is 0 Å². The van der Waals surface area contributed by atoms with Gasteiger partial charge in [0.05, 0.1) is 24.0 Å². The molecule has 1 heterocycles. The molecule has 0 aromatic heterocycles. The molecule has 3 aromatic carbocycles. The zero-order chi connectivity index (χ0) is 23.4. The van der Waals surface area contributed by atoms with Crippen molar-refractivity contribution < 1.29 is 9.59 Å². The molecule has 3 N–H and O–H groups in total. The van der Waals surface area contributed by atoms with Gasteiger partial charge in [0.15, 0.2) is 0 Å². The van der Waals surface area contributed by atoms with E-state index in [1.54, 1.807) is 4.90 Å². The van der Waals surface area contributed by atoms with E-state index < -0.39 is 12.1 Å². The Hall–Kier alpha value is -3.64. The minimum absolute atomic E-state index is 0.0771. The van der Waals surface area contributed by atoms with Crippen LogP contribution >= 0.6 is 0 Å². The van der Waals surface area contributed by atoms with Crippen LogP contribution in [0.2, 0.25) is 0 Å². The number of amides is 2. The maximum Gasteiger partial charge on any atom is 0.251 e. The number of hydrogen-bond acceptors (Lipinski definition) is 4. The fourth-order valence-corrected chi connectivity index (χ4v) is 4.27. The van der Waals surface area contributed by atoms with Gasteiger partial charge in [0.2, 0.25) is 5.91 Å². The van der Waals surface area contributed by atoms with Gasteiger partial charge in [-0.3, -0.25) is 9.59 Å². The summed E-state index contributed by atoms with van der Waals surface area (Å²) < 4.78 is 0. The fourth-order valence-electron chi connectivity index (χ4n) is 4.27. The van der Waals surface area contributed by atoms with Gasteiger partial charge in [-0.2, -0.15) is 0 Å². The molecule has 0 bridgehead atoms. The maximum atomic E-state index is 13.7. The molecule has 6 nitrogen and oxygen atoms in total. The topological polar surface area (TPSA) is 78.7 Å². The number of para-hydroxylation sites is 3. The normalized spacial score (nSPS) is 16.8. The molecule has 0 fully saturated rings. The number of nitrogens with one attached hydrogen (secondary N) is 1.